The van der Waals surface area contributed by atoms with Crippen LogP contribution in [0.1, 0.15) is 12.0 Å². The molecule has 0 aliphatic carbocycles. The molecule has 2 aromatic carbocycles. The van der Waals surface area contributed by atoms with Crippen molar-refractivity contribution in [1.82, 2.24) is 4.90 Å². The van der Waals surface area contributed by atoms with E-state index in [1.807, 2.05) is 18.2 Å². The molecule has 0 aromatic heterocycles. The van der Waals surface area contributed by atoms with E-state index in [1.165, 1.54) is 19.2 Å². The zero-order valence-electron chi connectivity index (χ0n) is 17.2. The van der Waals surface area contributed by atoms with Crippen LogP contribution in [-0.4, -0.2) is 51.1 Å². The highest BCUT2D eigenvalue weighted by atomic mass is 19.1. The lowest BCUT2D eigenvalue weighted by atomic mass is 10.1. The Morgan fingerprint density at radius 3 is 2.43 bits per heavy atom. The van der Waals surface area contributed by atoms with E-state index in [4.69, 9.17) is 14.2 Å². The Morgan fingerprint density at radius 2 is 1.77 bits per heavy atom. The van der Waals surface area contributed by atoms with Gasteiger partial charge in [0.1, 0.15) is 0 Å². The molecule has 160 valence electrons. The number of rotatable bonds is 8. The van der Waals surface area contributed by atoms with Gasteiger partial charge < -0.3 is 24.4 Å². The van der Waals surface area contributed by atoms with Gasteiger partial charge in [0.15, 0.2) is 23.1 Å². The quantitative estimate of drug-likeness (QED) is 0.716. The van der Waals surface area contributed by atoms with E-state index in [0.717, 1.165) is 5.56 Å². The van der Waals surface area contributed by atoms with Crippen LogP contribution < -0.4 is 19.5 Å². The molecule has 1 fully saturated rings. The minimum Gasteiger partial charge on any atom is -0.494 e. The summed E-state index contributed by atoms with van der Waals surface area (Å²) < 4.78 is 29.2. The maximum Gasteiger partial charge on any atom is 0.229 e. The first kappa shape index (κ1) is 21.4. The molecule has 2 amide bonds. The van der Waals surface area contributed by atoms with Gasteiger partial charge in [-0.05, 0) is 36.2 Å². The zero-order valence-corrected chi connectivity index (χ0v) is 17.2. The number of hydrogen-bond donors (Lipinski definition) is 1. The summed E-state index contributed by atoms with van der Waals surface area (Å²) in [6.45, 7) is 0.825. The second-order valence-electron chi connectivity index (χ2n) is 7.02. The topological polar surface area (TPSA) is 77.1 Å². The number of carbonyl (C=O) groups excluding carboxylic acids is 2. The predicted octanol–water partition coefficient (Wildman–Crippen LogP) is 2.88. The van der Waals surface area contributed by atoms with Gasteiger partial charge in [0.05, 0.1) is 27.2 Å². The minimum absolute atomic E-state index is 0.0726. The number of carbonyl (C=O) groups is 2. The third kappa shape index (κ3) is 4.82. The summed E-state index contributed by atoms with van der Waals surface area (Å²) in [5.74, 6) is -0.0391. The summed E-state index contributed by atoms with van der Waals surface area (Å²) in [5, 5.41) is 2.67. The van der Waals surface area contributed by atoms with Crippen LogP contribution in [0.3, 0.4) is 0 Å². The van der Waals surface area contributed by atoms with Crippen molar-refractivity contribution in [3.8, 4) is 17.2 Å². The molecule has 1 heterocycles. The molecule has 1 aliphatic heterocycles. The zero-order chi connectivity index (χ0) is 21.7. The molecule has 8 heteroatoms. The summed E-state index contributed by atoms with van der Waals surface area (Å²) in [6.07, 6.45) is 0.764. The fraction of sp³-hybridized carbons (Fsp3) is 0.364. The number of benzene rings is 2. The highest BCUT2D eigenvalue weighted by molar-refractivity contribution is 5.97. The summed E-state index contributed by atoms with van der Waals surface area (Å²) in [5.41, 5.74) is 1.33. The van der Waals surface area contributed by atoms with Crippen molar-refractivity contribution < 1.29 is 28.2 Å². The monoisotopic (exact) mass is 416 g/mol. The maximum atomic E-state index is 13.8. The number of hydrogen-bond acceptors (Lipinski definition) is 5. The molecule has 0 spiro atoms. The molecule has 0 radical (unpaired) electrons. The Bertz CT molecular complexity index is 934. The van der Waals surface area contributed by atoms with Crippen molar-refractivity contribution in [2.75, 3.05) is 39.7 Å². The van der Waals surface area contributed by atoms with Crippen LogP contribution in [0.4, 0.5) is 10.1 Å². The van der Waals surface area contributed by atoms with E-state index >= 15 is 0 Å². The van der Waals surface area contributed by atoms with E-state index in [0.29, 0.717) is 36.7 Å². The molecule has 3 rings (SSSR count). The number of nitrogens with zero attached hydrogens (tertiary/aromatic N) is 1. The highest BCUT2D eigenvalue weighted by Crippen LogP contribution is 2.28. The van der Waals surface area contributed by atoms with Crippen LogP contribution in [0.15, 0.2) is 36.4 Å². The second kappa shape index (κ2) is 9.47. The van der Waals surface area contributed by atoms with Crippen LogP contribution >= 0.6 is 0 Å². The van der Waals surface area contributed by atoms with Gasteiger partial charge in [-0.1, -0.05) is 6.07 Å². The number of nitrogens with one attached hydrogen (secondary N) is 1. The Morgan fingerprint density at radius 1 is 1.07 bits per heavy atom. The van der Waals surface area contributed by atoms with E-state index in [-0.39, 0.29) is 24.0 Å². The highest BCUT2D eigenvalue weighted by Gasteiger charge is 2.34. The number of halogens is 1. The van der Waals surface area contributed by atoms with Crippen molar-refractivity contribution in [3.63, 3.8) is 0 Å². The molecule has 7 nitrogen and oxygen atoms in total. The molecule has 1 atom stereocenters. The van der Waals surface area contributed by atoms with Crippen LogP contribution in [0.25, 0.3) is 0 Å². The van der Waals surface area contributed by atoms with E-state index < -0.39 is 11.7 Å². The SMILES string of the molecule is COc1ccc(NC(=O)[C@@H]2CC(=O)N(CCc3ccc(OC)c(OC)c3)C2)cc1F. The van der Waals surface area contributed by atoms with Gasteiger partial charge in [0, 0.05) is 31.3 Å². The molecule has 0 saturated carbocycles. The molecule has 1 N–H and O–H groups in total. The van der Waals surface area contributed by atoms with Crippen molar-refractivity contribution in [2.45, 2.75) is 12.8 Å². The first-order valence-corrected chi connectivity index (χ1v) is 9.58. The van der Waals surface area contributed by atoms with Crippen molar-refractivity contribution in [3.05, 3.63) is 47.8 Å². The molecule has 30 heavy (non-hydrogen) atoms. The van der Waals surface area contributed by atoms with Crippen molar-refractivity contribution in [2.24, 2.45) is 5.92 Å². The molecular formula is C22H25FN2O5. The Balaban J connectivity index is 1.57. The van der Waals surface area contributed by atoms with Gasteiger partial charge in [-0.2, -0.15) is 0 Å². The largest absolute Gasteiger partial charge is 0.494 e. The van der Waals surface area contributed by atoms with Gasteiger partial charge in [-0.3, -0.25) is 9.59 Å². The van der Waals surface area contributed by atoms with Crippen LogP contribution in [0, 0.1) is 11.7 Å². The summed E-state index contributed by atoms with van der Waals surface area (Å²) in [4.78, 5) is 26.6. The van der Waals surface area contributed by atoms with E-state index in [2.05, 4.69) is 5.32 Å². The number of anilines is 1. The summed E-state index contributed by atoms with van der Waals surface area (Å²) >= 11 is 0. The summed E-state index contributed by atoms with van der Waals surface area (Å²) in [6, 6.07) is 9.82. The average Bonchev–Trinajstić information content (AvgIpc) is 3.12. The minimum atomic E-state index is -0.561. The molecule has 0 unspecified atom stereocenters. The van der Waals surface area contributed by atoms with Crippen LogP contribution in [0.2, 0.25) is 0 Å². The van der Waals surface area contributed by atoms with Crippen molar-refractivity contribution in [1.29, 1.82) is 0 Å². The lowest BCUT2D eigenvalue weighted by Gasteiger charge is -2.17. The van der Waals surface area contributed by atoms with Gasteiger partial charge in [-0.25, -0.2) is 4.39 Å². The fourth-order valence-corrected chi connectivity index (χ4v) is 3.45. The number of ether oxygens (including phenoxy) is 3. The third-order valence-corrected chi connectivity index (χ3v) is 5.12. The molecule has 2 aromatic rings. The lowest BCUT2D eigenvalue weighted by Crippen LogP contribution is -2.30. The Hall–Kier alpha value is -3.29. The van der Waals surface area contributed by atoms with Gasteiger partial charge in [0.2, 0.25) is 11.8 Å². The fourth-order valence-electron chi connectivity index (χ4n) is 3.45. The number of methoxy groups -OCH3 is 3. The van der Waals surface area contributed by atoms with Gasteiger partial charge in [0.25, 0.3) is 0 Å². The normalized spacial score (nSPS) is 15.8. The van der Waals surface area contributed by atoms with Crippen molar-refractivity contribution >= 4 is 17.5 Å². The molecule has 1 saturated heterocycles. The Kier molecular flexibility index (Phi) is 6.76. The second-order valence-corrected chi connectivity index (χ2v) is 7.02. The first-order valence-electron chi connectivity index (χ1n) is 9.58. The lowest BCUT2D eigenvalue weighted by molar-refractivity contribution is -0.128. The summed E-state index contributed by atoms with van der Waals surface area (Å²) in [7, 11) is 4.52. The Labute approximate surface area is 174 Å². The van der Waals surface area contributed by atoms with Gasteiger partial charge >= 0.3 is 0 Å². The maximum absolute atomic E-state index is 13.8. The average molecular weight is 416 g/mol. The molecule has 1 aliphatic rings. The van der Waals surface area contributed by atoms with E-state index in [9.17, 15) is 14.0 Å². The van der Waals surface area contributed by atoms with Crippen LogP contribution in [0.5, 0.6) is 17.2 Å². The predicted molar refractivity (Wildman–Crippen MR) is 110 cm³/mol. The van der Waals surface area contributed by atoms with E-state index in [1.54, 1.807) is 25.2 Å². The first-order chi connectivity index (χ1) is 14.4. The molecular weight excluding hydrogens is 391 g/mol. The number of likely N-dealkylation sites (tertiary alicyclic amines) is 1. The standard InChI is InChI=1S/C22H25FN2O5/c1-28-18-7-5-16(12-17(18)23)24-22(27)15-11-21(26)25(13-15)9-8-14-4-6-19(29-2)20(10-14)30-3/h4-7,10,12,15H,8-9,11,13H2,1-3H3,(H,24,27)/t15-/m1/s1. The smallest absolute Gasteiger partial charge is 0.229 e. The van der Waals surface area contributed by atoms with Crippen LogP contribution in [-0.2, 0) is 16.0 Å². The number of amides is 2. The molecule has 0 bridgehead atoms. The third-order valence-electron chi connectivity index (χ3n) is 5.12. The van der Waals surface area contributed by atoms with Gasteiger partial charge in [-0.15, -0.1) is 0 Å².